The maximum absolute atomic E-state index is 11.9. The second kappa shape index (κ2) is 4.93. The monoisotopic (exact) mass is 247 g/mol. The van der Waals surface area contributed by atoms with Gasteiger partial charge in [0.25, 0.3) is 5.91 Å². The van der Waals surface area contributed by atoms with Crippen molar-refractivity contribution in [2.75, 3.05) is 5.32 Å². The predicted octanol–water partition coefficient (Wildman–Crippen LogP) is 2.69. The number of aromatic nitrogens is 2. The zero-order valence-electron chi connectivity index (χ0n) is 9.14. The maximum atomic E-state index is 11.9. The Morgan fingerprint density at radius 3 is 2.82 bits per heavy atom. The van der Waals surface area contributed by atoms with Crippen molar-refractivity contribution in [3.63, 3.8) is 0 Å². The highest BCUT2D eigenvalue weighted by Gasteiger charge is 2.10. The molecule has 0 radical (unpaired) electrons. The minimum atomic E-state index is -0.294. The van der Waals surface area contributed by atoms with Crippen LogP contribution in [-0.4, -0.2) is 15.9 Å². The number of pyridine rings is 2. The second-order valence-electron chi connectivity index (χ2n) is 3.48. The lowest BCUT2D eigenvalue weighted by Gasteiger charge is -2.05. The van der Waals surface area contributed by atoms with E-state index >= 15 is 0 Å². The van der Waals surface area contributed by atoms with Crippen molar-refractivity contribution >= 4 is 23.3 Å². The van der Waals surface area contributed by atoms with Crippen molar-refractivity contribution < 1.29 is 4.79 Å². The number of hydrogen-bond acceptors (Lipinski definition) is 3. The van der Waals surface area contributed by atoms with Crippen LogP contribution in [0.5, 0.6) is 0 Å². The highest BCUT2D eigenvalue weighted by atomic mass is 35.5. The molecular weight excluding hydrogens is 238 g/mol. The van der Waals surface area contributed by atoms with Crippen LogP contribution in [0.2, 0.25) is 5.02 Å². The van der Waals surface area contributed by atoms with Crippen LogP contribution in [0.3, 0.4) is 0 Å². The van der Waals surface area contributed by atoms with Crippen molar-refractivity contribution in [2.24, 2.45) is 0 Å². The predicted molar refractivity (Wildman–Crippen MR) is 66.2 cm³/mol. The Morgan fingerprint density at radius 2 is 2.12 bits per heavy atom. The molecule has 1 N–H and O–H groups in total. The lowest BCUT2D eigenvalue weighted by molar-refractivity contribution is 0.102. The van der Waals surface area contributed by atoms with E-state index in [-0.39, 0.29) is 5.91 Å². The molecule has 0 aliphatic rings. The highest BCUT2D eigenvalue weighted by Crippen LogP contribution is 2.13. The van der Waals surface area contributed by atoms with Crippen molar-refractivity contribution in [3.05, 3.63) is 52.9 Å². The van der Waals surface area contributed by atoms with Crippen LogP contribution in [0.1, 0.15) is 16.1 Å². The summed E-state index contributed by atoms with van der Waals surface area (Å²) >= 11 is 5.80. The molecule has 0 fully saturated rings. The second-order valence-corrected chi connectivity index (χ2v) is 3.92. The zero-order chi connectivity index (χ0) is 12.3. The van der Waals surface area contributed by atoms with E-state index in [0.29, 0.717) is 16.5 Å². The number of aryl methyl sites for hydroxylation is 1. The van der Waals surface area contributed by atoms with Crippen LogP contribution in [0.15, 0.2) is 36.7 Å². The number of anilines is 1. The molecule has 0 aromatic carbocycles. The van der Waals surface area contributed by atoms with Crippen LogP contribution >= 0.6 is 11.6 Å². The van der Waals surface area contributed by atoms with Gasteiger partial charge in [-0.3, -0.25) is 9.78 Å². The van der Waals surface area contributed by atoms with Crippen molar-refractivity contribution in [3.8, 4) is 0 Å². The van der Waals surface area contributed by atoms with Gasteiger partial charge in [0, 0.05) is 17.4 Å². The summed E-state index contributed by atoms with van der Waals surface area (Å²) in [6.07, 6.45) is 3.11. The Labute approximate surface area is 104 Å². The molecule has 0 saturated carbocycles. The van der Waals surface area contributed by atoms with E-state index in [0.717, 1.165) is 5.56 Å². The number of rotatable bonds is 2. The van der Waals surface area contributed by atoms with Crippen LogP contribution in [0.4, 0.5) is 5.82 Å². The Balaban J connectivity index is 2.20. The SMILES string of the molecule is Cc1cccnc1C(=O)Nc1cc(Cl)ccn1. The summed E-state index contributed by atoms with van der Waals surface area (Å²) < 4.78 is 0. The molecule has 0 atom stereocenters. The minimum Gasteiger partial charge on any atom is -0.305 e. The molecular formula is C12H10ClN3O. The first kappa shape index (κ1) is 11.5. The Hall–Kier alpha value is -1.94. The summed E-state index contributed by atoms with van der Waals surface area (Å²) in [6.45, 7) is 1.83. The van der Waals surface area contributed by atoms with E-state index in [1.807, 2.05) is 13.0 Å². The standard InChI is InChI=1S/C12H10ClN3O/c1-8-3-2-5-15-11(8)12(17)16-10-7-9(13)4-6-14-10/h2-7H,1H3,(H,14,16,17). The number of amides is 1. The van der Waals surface area contributed by atoms with E-state index in [9.17, 15) is 4.79 Å². The molecule has 2 aromatic heterocycles. The summed E-state index contributed by atoms with van der Waals surface area (Å²) in [7, 11) is 0. The van der Waals surface area contributed by atoms with Crippen molar-refractivity contribution in [2.45, 2.75) is 6.92 Å². The number of carbonyl (C=O) groups excluding carboxylic acids is 1. The molecule has 0 spiro atoms. The fourth-order valence-corrected chi connectivity index (χ4v) is 1.53. The average molecular weight is 248 g/mol. The zero-order valence-corrected chi connectivity index (χ0v) is 9.90. The average Bonchev–Trinajstić information content (AvgIpc) is 2.29. The Bertz CT molecular complexity index is 557. The van der Waals surface area contributed by atoms with Gasteiger partial charge in [-0.2, -0.15) is 0 Å². The third kappa shape index (κ3) is 2.79. The molecule has 5 heteroatoms. The number of halogens is 1. The van der Waals surface area contributed by atoms with Crippen molar-refractivity contribution in [1.29, 1.82) is 0 Å². The molecule has 1 amide bonds. The van der Waals surface area contributed by atoms with Crippen molar-refractivity contribution in [1.82, 2.24) is 9.97 Å². The summed E-state index contributed by atoms with van der Waals surface area (Å²) in [4.78, 5) is 19.9. The summed E-state index contributed by atoms with van der Waals surface area (Å²) in [6, 6.07) is 6.83. The largest absolute Gasteiger partial charge is 0.305 e. The van der Waals surface area contributed by atoms with Gasteiger partial charge in [0.2, 0.25) is 0 Å². The quantitative estimate of drug-likeness (QED) is 0.888. The first-order valence-electron chi connectivity index (χ1n) is 5.01. The van der Waals surface area contributed by atoms with Gasteiger partial charge >= 0.3 is 0 Å². The summed E-state index contributed by atoms with van der Waals surface area (Å²) in [5.41, 5.74) is 1.20. The van der Waals surface area contributed by atoms with Gasteiger partial charge in [-0.1, -0.05) is 17.7 Å². The number of hydrogen-bond donors (Lipinski definition) is 1. The van der Waals surface area contributed by atoms with Crippen LogP contribution in [-0.2, 0) is 0 Å². The molecule has 2 rings (SSSR count). The Morgan fingerprint density at radius 1 is 1.29 bits per heavy atom. The molecule has 2 heterocycles. The van der Waals surface area contributed by atoms with Crippen LogP contribution < -0.4 is 5.32 Å². The molecule has 0 bridgehead atoms. The fourth-order valence-electron chi connectivity index (χ4n) is 1.37. The summed E-state index contributed by atoms with van der Waals surface area (Å²) in [5.74, 6) is 0.116. The van der Waals surface area contributed by atoms with E-state index in [1.165, 1.54) is 6.20 Å². The fraction of sp³-hybridized carbons (Fsp3) is 0.0833. The number of carbonyl (C=O) groups is 1. The third-order valence-corrected chi connectivity index (χ3v) is 2.42. The van der Waals surface area contributed by atoms with Gasteiger partial charge in [-0.05, 0) is 30.7 Å². The van der Waals surface area contributed by atoms with Crippen LogP contribution in [0, 0.1) is 6.92 Å². The molecule has 0 aliphatic carbocycles. The topological polar surface area (TPSA) is 54.9 Å². The lowest BCUT2D eigenvalue weighted by Crippen LogP contribution is -2.15. The smallest absolute Gasteiger partial charge is 0.275 e. The van der Waals surface area contributed by atoms with Gasteiger partial charge < -0.3 is 5.32 Å². The minimum absolute atomic E-state index is 0.294. The third-order valence-electron chi connectivity index (χ3n) is 2.19. The van der Waals surface area contributed by atoms with E-state index in [2.05, 4.69) is 15.3 Å². The normalized spacial score (nSPS) is 10.0. The van der Waals surface area contributed by atoms with Crippen LogP contribution in [0.25, 0.3) is 0 Å². The molecule has 0 aliphatic heterocycles. The van der Waals surface area contributed by atoms with Gasteiger partial charge in [0.05, 0.1) is 0 Å². The first-order valence-corrected chi connectivity index (χ1v) is 5.39. The molecule has 86 valence electrons. The Kier molecular flexibility index (Phi) is 3.35. The molecule has 0 saturated heterocycles. The van der Waals surface area contributed by atoms with Gasteiger partial charge in [-0.15, -0.1) is 0 Å². The first-order chi connectivity index (χ1) is 8.16. The van der Waals surface area contributed by atoms with Gasteiger partial charge in [-0.25, -0.2) is 4.98 Å². The molecule has 17 heavy (non-hydrogen) atoms. The van der Waals surface area contributed by atoms with E-state index in [1.54, 1.807) is 24.4 Å². The van der Waals surface area contributed by atoms with Gasteiger partial charge in [0.15, 0.2) is 0 Å². The highest BCUT2D eigenvalue weighted by molar-refractivity contribution is 6.30. The molecule has 2 aromatic rings. The van der Waals surface area contributed by atoms with E-state index in [4.69, 9.17) is 11.6 Å². The number of nitrogens with zero attached hydrogens (tertiary/aromatic N) is 2. The number of nitrogens with one attached hydrogen (secondary N) is 1. The van der Waals surface area contributed by atoms with E-state index < -0.39 is 0 Å². The lowest BCUT2D eigenvalue weighted by atomic mass is 10.2. The van der Waals surface area contributed by atoms with Gasteiger partial charge in [0.1, 0.15) is 11.5 Å². The maximum Gasteiger partial charge on any atom is 0.275 e. The summed E-state index contributed by atoms with van der Waals surface area (Å²) in [5, 5.41) is 3.16. The molecule has 4 nitrogen and oxygen atoms in total. The molecule has 0 unspecified atom stereocenters.